The average Bonchev–Trinajstić information content (AvgIpc) is 2.39. The van der Waals surface area contributed by atoms with Crippen LogP contribution in [0.4, 0.5) is 5.82 Å². The molecule has 1 aromatic heterocycles. The summed E-state index contributed by atoms with van der Waals surface area (Å²) in [4.78, 5) is 16.2. The predicted octanol–water partition coefficient (Wildman–Crippen LogP) is 2.35. The molecular weight excluding hydrogens is 238 g/mol. The van der Waals surface area contributed by atoms with E-state index in [1.54, 1.807) is 6.20 Å². The third kappa shape index (κ3) is 4.31. The van der Waals surface area contributed by atoms with E-state index in [2.05, 4.69) is 22.5 Å². The molecule has 0 aliphatic carbocycles. The molecule has 0 spiro atoms. The van der Waals surface area contributed by atoms with Gasteiger partial charge in [-0.25, -0.2) is 4.98 Å². The van der Waals surface area contributed by atoms with Gasteiger partial charge in [0.2, 0.25) is 5.91 Å². The fourth-order valence-electron chi connectivity index (χ4n) is 2.67. The van der Waals surface area contributed by atoms with Gasteiger partial charge in [-0.1, -0.05) is 6.92 Å². The van der Waals surface area contributed by atoms with Crippen LogP contribution in [0.15, 0.2) is 18.3 Å². The normalized spacial score (nSPS) is 18.0. The van der Waals surface area contributed by atoms with Gasteiger partial charge in [-0.2, -0.15) is 0 Å². The molecule has 1 fully saturated rings. The summed E-state index contributed by atoms with van der Waals surface area (Å²) in [5, 5.41) is 6.25. The number of rotatable bonds is 4. The number of amides is 1. The SMILES string of the molecule is Cc1ccnc(NC(=O)CC(C)C2CCNCC2)c1. The van der Waals surface area contributed by atoms with Gasteiger partial charge < -0.3 is 10.6 Å². The molecule has 1 aliphatic rings. The first kappa shape index (κ1) is 14.0. The minimum atomic E-state index is 0.0733. The summed E-state index contributed by atoms with van der Waals surface area (Å²) in [7, 11) is 0. The van der Waals surface area contributed by atoms with Gasteiger partial charge in [0, 0.05) is 12.6 Å². The predicted molar refractivity (Wildman–Crippen MR) is 77.0 cm³/mol. The summed E-state index contributed by atoms with van der Waals surface area (Å²) in [6, 6.07) is 3.82. The van der Waals surface area contributed by atoms with Crippen molar-refractivity contribution in [2.24, 2.45) is 11.8 Å². The molecule has 0 aromatic carbocycles. The summed E-state index contributed by atoms with van der Waals surface area (Å²) in [5.74, 6) is 1.83. The van der Waals surface area contributed by atoms with Crippen LogP contribution >= 0.6 is 0 Å². The highest BCUT2D eigenvalue weighted by Crippen LogP contribution is 2.24. The van der Waals surface area contributed by atoms with E-state index in [1.807, 2.05) is 19.1 Å². The number of anilines is 1. The Morgan fingerprint density at radius 3 is 2.95 bits per heavy atom. The van der Waals surface area contributed by atoms with Gasteiger partial charge in [0.05, 0.1) is 0 Å². The topological polar surface area (TPSA) is 54.0 Å². The van der Waals surface area contributed by atoms with E-state index < -0.39 is 0 Å². The molecule has 4 heteroatoms. The van der Waals surface area contributed by atoms with Crippen molar-refractivity contribution < 1.29 is 4.79 Å². The second kappa shape index (κ2) is 6.66. The third-order valence-electron chi connectivity index (χ3n) is 3.88. The highest BCUT2D eigenvalue weighted by atomic mass is 16.1. The lowest BCUT2D eigenvalue weighted by Gasteiger charge is -2.27. The van der Waals surface area contributed by atoms with E-state index in [0.717, 1.165) is 18.7 Å². The number of nitrogens with zero attached hydrogens (tertiary/aromatic N) is 1. The third-order valence-corrected chi connectivity index (χ3v) is 3.88. The molecule has 1 atom stereocenters. The number of hydrogen-bond acceptors (Lipinski definition) is 3. The first-order valence-corrected chi connectivity index (χ1v) is 7.08. The van der Waals surface area contributed by atoms with Crippen molar-refractivity contribution in [1.82, 2.24) is 10.3 Å². The number of aryl methyl sites for hydroxylation is 1. The van der Waals surface area contributed by atoms with E-state index in [4.69, 9.17) is 0 Å². The van der Waals surface area contributed by atoms with Crippen molar-refractivity contribution in [2.75, 3.05) is 18.4 Å². The maximum absolute atomic E-state index is 12.0. The highest BCUT2D eigenvalue weighted by Gasteiger charge is 2.22. The Morgan fingerprint density at radius 1 is 1.53 bits per heavy atom. The summed E-state index contributed by atoms with van der Waals surface area (Å²) >= 11 is 0. The van der Waals surface area contributed by atoms with Crippen LogP contribution in [-0.4, -0.2) is 24.0 Å². The van der Waals surface area contributed by atoms with Crippen molar-refractivity contribution in [1.29, 1.82) is 0 Å². The molecular formula is C15H23N3O. The smallest absolute Gasteiger partial charge is 0.225 e. The van der Waals surface area contributed by atoms with E-state index >= 15 is 0 Å². The van der Waals surface area contributed by atoms with Crippen LogP contribution in [0.3, 0.4) is 0 Å². The maximum Gasteiger partial charge on any atom is 0.225 e. The Hall–Kier alpha value is -1.42. The molecule has 4 nitrogen and oxygen atoms in total. The van der Waals surface area contributed by atoms with Crippen molar-refractivity contribution in [3.63, 3.8) is 0 Å². The first-order valence-electron chi connectivity index (χ1n) is 7.08. The first-order chi connectivity index (χ1) is 9.15. The van der Waals surface area contributed by atoms with Gasteiger partial charge in [-0.15, -0.1) is 0 Å². The van der Waals surface area contributed by atoms with Gasteiger partial charge in [0.15, 0.2) is 0 Å². The zero-order valence-corrected chi connectivity index (χ0v) is 11.8. The number of pyridine rings is 1. The molecule has 0 bridgehead atoms. The van der Waals surface area contributed by atoms with Crippen LogP contribution in [0.5, 0.6) is 0 Å². The summed E-state index contributed by atoms with van der Waals surface area (Å²) in [5.41, 5.74) is 1.11. The maximum atomic E-state index is 12.0. The lowest BCUT2D eigenvalue weighted by Crippen LogP contribution is -2.32. The number of nitrogens with one attached hydrogen (secondary N) is 2. The van der Waals surface area contributed by atoms with Crippen molar-refractivity contribution >= 4 is 11.7 Å². The molecule has 1 aliphatic heterocycles. The number of carbonyl (C=O) groups excluding carboxylic acids is 1. The van der Waals surface area contributed by atoms with Crippen LogP contribution in [0.2, 0.25) is 0 Å². The van der Waals surface area contributed by atoms with Crippen LogP contribution in [0.1, 0.15) is 31.7 Å². The lowest BCUT2D eigenvalue weighted by atomic mass is 9.84. The quantitative estimate of drug-likeness (QED) is 0.874. The fourth-order valence-corrected chi connectivity index (χ4v) is 2.67. The Labute approximate surface area is 115 Å². The Morgan fingerprint density at radius 2 is 2.26 bits per heavy atom. The lowest BCUT2D eigenvalue weighted by molar-refractivity contribution is -0.117. The van der Waals surface area contributed by atoms with E-state index in [-0.39, 0.29) is 5.91 Å². The van der Waals surface area contributed by atoms with Crippen LogP contribution in [0, 0.1) is 18.8 Å². The largest absolute Gasteiger partial charge is 0.317 e. The van der Waals surface area contributed by atoms with Crippen molar-refractivity contribution in [3.05, 3.63) is 23.9 Å². The Bertz CT molecular complexity index is 427. The summed E-state index contributed by atoms with van der Waals surface area (Å²) < 4.78 is 0. The molecule has 1 saturated heterocycles. The molecule has 2 N–H and O–H groups in total. The second-order valence-corrected chi connectivity index (χ2v) is 5.54. The molecule has 0 saturated carbocycles. The second-order valence-electron chi connectivity index (χ2n) is 5.54. The summed E-state index contributed by atoms with van der Waals surface area (Å²) in [6.07, 6.45) is 4.66. The van der Waals surface area contributed by atoms with Gasteiger partial charge in [0.25, 0.3) is 0 Å². The van der Waals surface area contributed by atoms with Gasteiger partial charge in [-0.05, 0) is 62.4 Å². The van der Waals surface area contributed by atoms with Crippen molar-refractivity contribution in [2.45, 2.75) is 33.1 Å². The standard InChI is InChI=1S/C15H23N3O/c1-11-3-8-17-14(9-11)18-15(19)10-12(2)13-4-6-16-7-5-13/h3,8-9,12-13,16H,4-7,10H2,1-2H3,(H,17,18,19). The van der Waals surface area contributed by atoms with E-state index in [1.165, 1.54) is 12.8 Å². The van der Waals surface area contributed by atoms with E-state index in [0.29, 0.717) is 24.1 Å². The zero-order chi connectivity index (χ0) is 13.7. The zero-order valence-electron chi connectivity index (χ0n) is 11.8. The van der Waals surface area contributed by atoms with E-state index in [9.17, 15) is 4.79 Å². The minimum absolute atomic E-state index is 0.0733. The molecule has 1 amide bonds. The molecule has 1 aromatic rings. The monoisotopic (exact) mass is 261 g/mol. The van der Waals surface area contributed by atoms with Crippen LogP contribution in [0.25, 0.3) is 0 Å². The molecule has 19 heavy (non-hydrogen) atoms. The van der Waals surface area contributed by atoms with Crippen molar-refractivity contribution in [3.8, 4) is 0 Å². The average molecular weight is 261 g/mol. The van der Waals surface area contributed by atoms with Gasteiger partial charge >= 0.3 is 0 Å². The Balaban J connectivity index is 1.83. The minimum Gasteiger partial charge on any atom is -0.317 e. The molecule has 104 valence electrons. The number of hydrogen-bond donors (Lipinski definition) is 2. The molecule has 0 radical (unpaired) electrons. The molecule has 2 rings (SSSR count). The number of carbonyl (C=O) groups is 1. The van der Waals surface area contributed by atoms with Gasteiger partial charge in [0.1, 0.15) is 5.82 Å². The van der Waals surface area contributed by atoms with Crippen LogP contribution in [-0.2, 0) is 4.79 Å². The number of aromatic nitrogens is 1. The number of piperidine rings is 1. The summed E-state index contributed by atoms with van der Waals surface area (Å²) in [6.45, 7) is 6.33. The highest BCUT2D eigenvalue weighted by molar-refractivity contribution is 5.89. The van der Waals surface area contributed by atoms with Crippen LogP contribution < -0.4 is 10.6 Å². The molecule has 2 heterocycles. The molecule has 1 unspecified atom stereocenters. The van der Waals surface area contributed by atoms with Gasteiger partial charge in [-0.3, -0.25) is 4.79 Å². The Kier molecular flexibility index (Phi) is 4.91. The fraction of sp³-hybridized carbons (Fsp3) is 0.600.